The molecule has 2 rings (SSSR count). The number of ketones is 1. The topological polar surface area (TPSA) is 55.7 Å². The minimum Gasteiger partial charge on any atom is -0.312 e. The third-order valence-electron chi connectivity index (χ3n) is 2.86. The van der Waals surface area contributed by atoms with Gasteiger partial charge < -0.3 is 4.84 Å². The van der Waals surface area contributed by atoms with Crippen molar-refractivity contribution >= 4 is 52.3 Å². The van der Waals surface area contributed by atoms with Crippen LogP contribution < -0.4 is 0 Å². The molecule has 1 aromatic carbocycles. The molecule has 0 radical (unpaired) electrons. The van der Waals surface area contributed by atoms with Gasteiger partial charge >= 0.3 is 5.97 Å². The predicted molar refractivity (Wildman–Crippen MR) is 82.3 cm³/mol. The van der Waals surface area contributed by atoms with Gasteiger partial charge in [0.1, 0.15) is 16.5 Å². The summed E-state index contributed by atoms with van der Waals surface area (Å²) in [5, 5.41) is 2.46. The zero-order valence-electron chi connectivity index (χ0n) is 10.8. The van der Waals surface area contributed by atoms with Crippen LogP contribution in [0.5, 0.6) is 0 Å². The van der Waals surface area contributed by atoms with Crippen molar-refractivity contribution in [1.29, 1.82) is 0 Å². The lowest BCUT2D eigenvalue weighted by atomic mass is 9.97. The third kappa shape index (κ3) is 3.64. The Morgan fingerprint density at radius 3 is 2.43 bits per heavy atom. The van der Waals surface area contributed by atoms with Crippen molar-refractivity contribution in [1.82, 2.24) is 0 Å². The van der Waals surface area contributed by atoms with E-state index in [1.807, 2.05) is 0 Å². The average molecular weight is 347 g/mol. The normalized spacial score (nSPS) is 23.9. The number of carbonyl (C=O) groups excluding carboxylic acids is 2. The van der Waals surface area contributed by atoms with Crippen molar-refractivity contribution < 1.29 is 14.4 Å². The van der Waals surface area contributed by atoms with Crippen molar-refractivity contribution in [3.05, 3.63) is 46.5 Å². The molecule has 0 fully saturated rings. The summed E-state index contributed by atoms with van der Waals surface area (Å²) in [6.07, 6.45) is 1.32. The molecular weight excluding hydrogens is 337 g/mol. The maximum absolute atomic E-state index is 11.8. The molecular formula is C14H10Cl3NO3. The van der Waals surface area contributed by atoms with Gasteiger partial charge in [0.05, 0.1) is 5.56 Å². The van der Waals surface area contributed by atoms with E-state index in [1.165, 1.54) is 18.2 Å². The lowest BCUT2D eigenvalue weighted by molar-refractivity contribution is -0.114. The van der Waals surface area contributed by atoms with Crippen LogP contribution in [0.1, 0.15) is 17.3 Å². The summed E-state index contributed by atoms with van der Waals surface area (Å²) in [5.74, 6) is -0.948. The molecule has 1 aromatic rings. The Hall–Kier alpha value is -1.36. The van der Waals surface area contributed by atoms with Gasteiger partial charge in [-0.2, -0.15) is 0 Å². The molecule has 0 amide bonds. The summed E-state index contributed by atoms with van der Waals surface area (Å²) >= 11 is 17.6. The first-order chi connectivity index (χ1) is 9.90. The number of hydrogen-bond donors (Lipinski definition) is 0. The van der Waals surface area contributed by atoms with Crippen LogP contribution in [0, 0.1) is 0 Å². The van der Waals surface area contributed by atoms with E-state index in [9.17, 15) is 9.59 Å². The smallest absolute Gasteiger partial charge is 0.312 e. The largest absolute Gasteiger partial charge is 0.365 e. The van der Waals surface area contributed by atoms with E-state index in [-0.39, 0.29) is 11.5 Å². The van der Waals surface area contributed by atoms with Gasteiger partial charge in [0.25, 0.3) is 0 Å². The molecule has 4 nitrogen and oxygen atoms in total. The first kappa shape index (κ1) is 16.0. The van der Waals surface area contributed by atoms with Crippen molar-refractivity contribution in [2.75, 3.05) is 0 Å². The van der Waals surface area contributed by atoms with E-state index in [4.69, 9.17) is 39.6 Å². The molecule has 0 bridgehead atoms. The molecule has 2 atom stereocenters. The summed E-state index contributed by atoms with van der Waals surface area (Å²) in [5.41, 5.74) is 1.07. The average Bonchev–Trinajstić information content (AvgIpc) is 2.45. The van der Waals surface area contributed by atoms with Gasteiger partial charge in [-0.25, -0.2) is 4.79 Å². The lowest BCUT2D eigenvalue weighted by Crippen LogP contribution is -2.36. The maximum atomic E-state index is 11.8. The number of halogens is 3. The summed E-state index contributed by atoms with van der Waals surface area (Å²) in [4.78, 5) is 28.1. The van der Waals surface area contributed by atoms with E-state index in [0.29, 0.717) is 16.2 Å². The van der Waals surface area contributed by atoms with E-state index < -0.39 is 16.7 Å². The number of rotatable bonds is 2. The van der Waals surface area contributed by atoms with Crippen LogP contribution in [0.25, 0.3) is 0 Å². The Morgan fingerprint density at radius 2 is 1.81 bits per heavy atom. The van der Waals surface area contributed by atoms with Crippen molar-refractivity contribution in [2.24, 2.45) is 5.16 Å². The molecule has 0 spiro atoms. The molecule has 2 unspecified atom stereocenters. The molecule has 7 heteroatoms. The zero-order valence-corrected chi connectivity index (χ0v) is 13.1. The molecule has 1 aliphatic rings. The summed E-state index contributed by atoms with van der Waals surface area (Å²) in [7, 11) is 0. The number of nitrogens with zero attached hydrogens (tertiary/aromatic N) is 1. The quantitative estimate of drug-likeness (QED) is 0.467. The van der Waals surface area contributed by atoms with Gasteiger partial charge in [0, 0.05) is 5.02 Å². The van der Waals surface area contributed by atoms with E-state index in [0.717, 1.165) is 0 Å². The Labute approximate surface area is 136 Å². The lowest BCUT2D eigenvalue weighted by Gasteiger charge is -2.20. The van der Waals surface area contributed by atoms with Gasteiger partial charge in [0.15, 0.2) is 5.78 Å². The molecule has 0 aliphatic heterocycles. The van der Waals surface area contributed by atoms with Crippen LogP contribution in [0.2, 0.25) is 5.02 Å². The summed E-state index contributed by atoms with van der Waals surface area (Å²) in [6.45, 7) is 1.64. The van der Waals surface area contributed by atoms with Gasteiger partial charge in [-0.05, 0) is 42.8 Å². The molecule has 0 heterocycles. The predicted octanol–water partition coefficient (Wildman–Crippen LogP) is 3.60. The van der Waals surface area contributed by atoms with Crippen molar-refractivity contribution in [3.63, 3.8) is 0 Å². The third-order valence-corrected chi connectivity index (χ3v) is 4.17. The van der Waals surface area contributed by atoms with Crippen LogP contribution in [-0.4, -0.2) is 28.2 Å². The molecule has 1 aliphatic carbocycles. The van der Waals surface area contributed by atoms with Gasteiger partial charge in [-0.1, -0.05) is 16.8 Å². The molecule has 0 saturated carbocycles. The first-order valence-corrected chi connectivity index (χ1v) is 7.20. The second-order valence-corrected chi connectivity index (χ2v) is 5.77. The molecule has 0 N–H and O–H groups in total. The first-order valence-electron chi connectivity index (χ1n) is 5.95. The van der Waals surface area contributed by atoms with Crippen LogP contribution in [0.15, 0.2) is 41.1 Å². The minimum absolute atomic E-state index is 0.263. The molecule has 110 valence electrons. The van der Waals surface area contributed by atoms with E-state index >= 15 is 0 Å². The van der Waals surface area contributed by atoms with Crippen LogP contribution >= 0.6 is 34.8 Å². The number of alkyl halides is 2. The highest BCUT2D eigenvalue weighted by atomic mass is 35.5. The van der Waals surface area contributed by atoms with Crippen molar-refractivity contribution in [2.45, 2.75) is 17.7 Å². The SMILES string of the molecule is CC1=CC(=O)C(Cl)C(Cl)/C1=N\OC(=O)c1ccc(Cl)cc1. The van der Waals surface area contributed by atoms with Crippen LogP contribution in [-0.2, 0) is 9.63 Å². The number of oxime groups is 1. The Bertz CT molecular complexity index is 637. The van der Waals surface area contributed by atoms with Crippen molar-refractivity contribution in [3.8, 4) is 0 Å². The van der Waals surface area contributed by atoms with E-state index in [1.54, 1.807) is 19.1 Å². The molecule has 0 saturated heterocycles. The highest BCUT2D eigenvalue weighted by molar-refractivity contribution is 6.48. The van der Waals surface area contributed by atoms with Crippen LogP contribution in [0.3, 0.4) is 0 Å². The fourth-order valence-electron chi connectivity index (χ4n) is 1.72. The highest BCUT2D eigenvalue weighted by Gasteiger charge is 2.33. The maximum Gasteiger partial charge on any atom is 0.365 e. The second-order valence-electron chi connectivity index (χ2n) is 4.40. The number of carbonyl (C=O) groups is 2. The molecule has 0 aromatic heterocycles. The van der Waals surface area contributed by atoms with Gasteiger partial charge in [-0.15, -0.1) is 23.2 Å². The number of benzene rings is 1. The number of allylic oxidation sites excluding steroid dienone is 2. The van der Waals surface area contributed by atoms with Gasteiger partial charge in [0.2, 0.25) is 0 Å². The number of hydrogen-bond acceptors (Lipinski definition) is 4. The molecule has 21 heavy (non-hydrogen) atoms. The van der Waals surface area contributed by atoms with E-state index in [2.05, 4.69) is 5.16 Å². The monoisotopic (exact) mass is 345 g/mol. The Kier molecular flexibility index (Phi) is 5.04. The second kappa shape index (κ2) is 6.60. The minimum atomic E-state index is -0.927. The fraction of sp³-hybridized carbons (Fsp3) is 0.214. The zero-order chi connectivity index (χ0) is 15.6. The van der Waals surface area contributed by atoms with Gasteiger partial charge in [-0.3, -0.25) is 4.79 Å². The standard InChI is InChI=1S/C14H10Cl3NO3/c1-7-6-10(19)11(16)12(17)13(7)18-21-14(20)8-2-4-9(15)5-3-8/h2-6,11-12H,1H3/b18-13-. The summed E-state index contributed by atoms with van der Waals surface area (Å²) < 4.78 is 0. The Balaban J connectivity index is 2.16. The Morgan fingerprint density at radius 1 is 1.19 bits per heavy atom. The van der Waals surface area contributed by atoms with Crippen LogP contribution in [0.4, 0.5) is 0 Å². The summed E-state index contributed by atoms with van der Waals surface area (Å²) in [6, 6.07) is 6.16. The highest BCUT2D eigenvalue weighted by Crippen LogP contribution is 2.23. The fourth-order valence-corrected chi connectivity index (χ4v) is 2.36.